The summed E-state index contributed by atoms with van der Waals surface area (Å²) in [4.78, 5) is 16.2. The van der Waals surface area contributed by atoms with Crippen LogP contribution in [-0.2, 0) is 16.1 Å². The Morgan fingerprint density at radius 1 is 1.23 bits per heavy atom. The number of carbonyl (C=O) groups is 1. The SMILES string of the molecule is O=C(CN1CCN(C[C@@H](O)COCc2ccccc2F)CC1)NC1CC1. The van der Waals surface area contributed by atoms with Crippen molar-refractivity contribution < 1.29 is 19.0 Å². The number of β-amino-alcohol motifs (C(OH)–C–C–N with tert-alkyl or cyclic N) is 1. The summed E-state index contributed by atoms with van der Waals surface area (Å²) in [5, 5.41) is 13.1. The Hall–Kier alpha value is -1.54. The van der Waals surface area contributed by atoms with Gasteiger partial charge in [0.1, 0.15) is 5.82 Å². The van der Waals surface area contributed by atoms with Crippen LogP contribution in [0, 0.1) is 5.82 Å². The molecule has 6 nitrogen and oxygen atoms in total. The molecule has 2 aliphatic rings. The van der Waals surface area contributed by atoms with Gasteiger partial charge >= 0.3 is 0 Å². The molecule has 1 aliphatic heterocycles. The van der Waals surface area contributed by atoms with Crippen LogP contribution in [0.2, 0.25) is 0 Å². The smallest absolute Gasteiger partial charge is 0.234 e. The topological polar surface area (TPSA) is 65.0 Å². The number of rotatable bonds is 9. The van der Waals surface area contributed by atoms with E-state index < -0.39 is 6.10 Å². The van der Waals surface area contributed by atoms with Gasteiger partial charge in [0.2, 0.25) is 5.91 Å². The number of amides is 1. The number of hydrogen-bond acceptors (Lipinski definition) is 5. The van der Waals surface area contributed by atoms with Gasteiger partial charge in [0.05, 0.1) is 25.9 Å². The summed E-state index contributed by atoms with van der Waals surface area (Å²) in [7, 11) is 0. The van der Waals surface area contributed by atoms with E-state index in [4.69, 9.17) is 4.74 Å². The highest BCUT2D eigenvalue weighted by Crippen LogP contribution is 2.18. The number of aliphatic hydroxyl groups is 1. The second-order valence-electron chi connectivity index (χ2n) is 7.18. The molecule has 3 rings (SSSR count). The number of benzene rings is 1. The average Bonchev–Trinajstić information content (AvgIpc) is 3.42. The molecule has 7 heteroatoms. The number of carbonyl (C=O) groups excluding carboxylic acids is 1. The highest BCUT2D eigenvalue weighted by atomic mass is 19.1. The summed E-state index contributed by atoms with van der Waals surface area (Å²) < 4.78 is 18.9. The molecule has 1 saturated carbocycles. The summed E-state index contributed by atoms with van der Waals surface area (Å²) in [5.41, 5.74) is 0.498. The van der Waals surface area contributed by atoms with Gasteiger partial charge in [-0.15, -0.1) is 0 Å². The third kappa shape index (κ3) is 6.32. The van der Waals surface area contributed by atoms with E-state index in [0.29, 0.717) is 24.7 Å². The van der Waals surface area contributed by atoms with Crippen LogP contribution >= 0.6 is 0 Å². The average molecular weight is 365 g/mol. The van der Waals surface area contributed by atoms with E-state index in [0.717, 1.165) is 39.0 Å². The Morgan fingerprint density at radius 2 is 1.92 bits per heavy atom. The molecule has 1 aromatic rings. The third-order valence-corrected chi connectivity index (χ3v) is 4.77. The Labute approximate surface area is 153 Å². The monoisotopic (exact) mass is 365 g/mol. The summed E-state index contributed by atoms with van der Waals surface area (Å²) in [6, 6.07) is 6.90. The quantitative estimate of drug-likeness (QED) is 0.671. The van der Waals surface area contributed by atoms with Gasteiger partial charge in [-0.1, -0.05) is 18.2 Å². The molecule has 1 heterocycles. The van der Waals surface area contributed by atoms with Crippen molar-refractivity contribution in [3.05, 3.63) is 35.6 Å². The molecule has 1 atom stereocenters. The Morgan fingerprint density at radius 3 is 2.62 bits per heavy atom. The Bertz CT molecular complexity index is 589. The van der Waals surface area contributed by atoms with Crippen LogP contribution < -0.4 is 5.32 Å². The molecule has 1 aromatic carbocycles. The van der Waals surface area contributed by atoms with Crippen LogP contribution in [0.25, 0.3) is 0 Å². The molecule has 144 valence electrons. The maximum absolute atomic E-state index is 13.5. The van der Waals surface area contributed by atoms with E-state index in [2.05, 4.69) is 15.1 Å². The van der Waals surface area contributed by atoms with Crippen LogP contribution in [0.5, 0.6) is 0 Å². The molecule has 1 amide bonds. The van der Waals surface area contributed by atoms with Crippen molar-refractivity contribution in [3.8, 4) is 0 Å². The van der Waals surface area contributed by atoms with Crippen molar-refractivity contribution in [2.24, 2.45) is 0 Å². The lowest BCUT2D eigenvalue weighted by Crippen LogP contribution is -2.51. The molecule has 1 aliphatic carbocycles. The maximum atomic E-state index is 13.5. The summed E-state index contributed by atoms with van der Waals surface area (Å²) in [6.07, 6.45) is 1.61. The van der Waals surface area contributed by atoms with Gasteiger partial charge in [-0.3, -0.25) is 14.6 Å². The number of aliphatic hydroxyl groups excluding tert-OH is 1. The predicted octanol–water partition coefficient (Wildman–Crippen LogP) is 0.599. The van der Waals surface area contributed by atoms with Crippen LogP contribution in [0.4, 0.5) is 4.39 Å². The van der Waals surface area contributed by atoms with Crippen LogP contribution in [0.3, 0.4) is 0 Å². The van der Waals surface area contributed by atoms with Crippen molar-refractivity contribution in [2.75, 3.05) is 45.9 Å². The zero-order valence-electron chi connectivity index (χ0n) is 15.1. The van der Waals surface area contributed by atoms with Crippen molar-refractivity contribution in [1.82, 2.24) is 15.1 Å². The van der Waals surface area contributed by atoms with Gasteiger partial charge < -0.3 is 15.2 Å². The minimum absolute atomic E-state index is 0.113. The number of hydrogen-bond donors (Lipinski definition) is 2. The van der Waals surface area contributed by atoms with E-state index in [9.17, 15) is 14.3 Å². The lowest BCUT2D eigenvalue weighted by molar-refractivity contribution is -0.122. The highest BCUT2D eigenvalue weighted by Gasteiger charge is 2.25. The summed E-state index contributed by atoms with van der Waals surface area (Å²) in [5.74, 6) is -0.175. The molecule has 0 bridgehead atoms. The van der Waals surface area contributed by atoms with Crippen LogP contribution in [0.15, 0.2) is 24.3 Å². The standard InChI is InChI=1S/C19H28FN3O3/c20-18-4-2-1-3-15(18)13-26-14-17(24)11-22-7-9-23(10-8-22)12-19(25)21-16-5-6-16/h1-4,16-17,24H,5-14H2,(H,21,25)/t17-/m1/s1. The largest absolute Gasteiger partial charge is 0.389 e. The molecule has 2 N–H and O–H groups in total. The third-order valence-electron chi connectivity index (χ3n) is 4.77. The van der Waals surface area contributed by atoms with E-state index >= 15 is 0 Å². The number of halogens is 1. The fourth-order valence-electron chi connectivity index (χ4n) is 3.11. The first-order chi connectivity index (χ1) is 12.6. The highest BCUT2D eigenvalue weighted by molar-refractivity contribution is 5.78. The number of nitrogens with zero attached hydrogens (tertiary/aromatic N) is 2. The summed E-state index contributed by atoms with van der Waals surface area (Å²) in [6.45, 7) is 4.61. The maximum Gasteiger partial charge on any atom is 0.234 e. The molecule has 0 spiro atoms. The van der Waals surface area contributed by atoms with E-state index in [-0.39, 0.29) is 24.9 Å². The molecule has 2 fully saturated rings. The second-order valence-corrected chi connectivity index (χ2v) is 7.18. The van der Waals surface area contributed by atoms with Crippen LogP contribution in [-0.4, -0.2) is 78.8 Å². The molecule has 1 saturated heterocycles. The molecule has 0 aromatic heterocycles. The van der Waals surface area contributed by atoms with Gasteiger partial charge in [-0.05, 0) is 18.9 Å². The van der Waals surface area contributed by atoms with Crippen molar-refractivity contribution >= 4 is 5.91 Å². The van der Waals surface area contributed by atoms with Gasteiger partial charge in [0, 0.05) is 44.3 Å². The van der Waals surface area contributed by atoms with Crippen LogP contribution in [0.1, 0.15) is 18.4 Å². The lowest BCUT2D eigenvalue weighted by atomic mass is 10.2. The van der Waals surface area contributed by atoms with Gasteiger partial charge in [0.25, 0.3) is 0 Å². The van der Waals surface area contributed by atoms with Crippen molar-refractivity contribution in [2.45, 2.75) is 31.6 Å². The minimum Gasteiger partial charge on any atom is -0.389 e. The van der Waals surface area contributed by atoms with E-state index in [1.165, 1.54) is 6.07 Å². The van der Waals surface area contributed by atoms with E-state index in [1.807, 2.05) is 0 Å². The summed E-state index contributed by atoms with van der Waals surface area (Å²) >= 11 is 0. The second kappa shape index (κ2) is 9.41. The zero-order valence-corrected chi connectivity index (χ0v) is 15.1. The van der Waals surface area contributed by atoms with Crippen molar-refractivity contribution in [3.63, 3.8) is 0 Å². The molecule has 0 radical (unpaired) electrons. The zero-order chi connectivity index (χ0) is 18.4. The molecular weight excluding hydrogens is 337 g/mol. The fraction of sp³-hybridized carbons (Fsp3) is 0.632. The fourth-order valence-corrected chi connectivity index (χ4v) is 3.11. The minimum atomic E-state index is -0.605. The Balaban J connectivity index is 1.28. The van der Waals surface area contributed by atoms with E-state index in [1.54, 1.807) is 18.2 Å². The molecule has 0 unspecified atom stereocenters. The number of nitrogens with one attached hydrogen (secondary N) is 1. The molecular formula is C19H28FN3O3. The predicted molar refractivity (Wildman–Crippen MR) is 96.1 cm³/mol. The first-order valence-corrected chi connectivity index (χ1v) is 9.33. The first kappa shape index (κ1) is 19.2. The number of ether oxygens (including phenoxy) is 1. The lowest BCUT2D eigenvalue weighted by Gasteiger charge is -2.35. The normalized spacial score (nSPS) is 20.1. The molecule has 26 heavy (non-hydrogen) atoms. The first-order valence-electron chi connectivity index (χ1n) is 9.33. The number of piperazine rings is 1. The van der Waals surface area contributed by atoms with Crippen molar-refractivity contribution in [1.29, 1.82) is 0 Å². The van der Waals surface area contributed by atoms with Gasteiger partial charge in [-0.25, -0.2) is 4.39 Å². The van der Waals surface area contributed by atoms with Gasteiger partial charge in [0.15, 0.2) is 0 Å². The Kier molecular flexibility index (Phi) is 6.96. The van der Waals surface area contributed by atoms with Gasteiger partial charge in [-0.2, -0.15) is 0 Å².